The first-order valence-electron chi connectivity index (χ1n) is 3.50. The van der Waals surface area contributed by atoms with Gasteiger partial charge in [-0.3, -0.25) is 0 Å². The molecule has 0 amide bonds. The van der Waals surface area contributed by atoms with Crippen molar-refractivity contribution in [3.05, 3.63) is 42.0 Å². The first kappa shape index (κ1) is 7.56. The first-order chi connectivity index (χ1) is 5.38. The standard InChI is InChI=1S/C10H9N/c1-2-9(8-11)10-6-4-3-5-7-10/h2-7H,1H3. The molecule has 0 saturated carbocycles. The summed E-state index contributed by atoms with van der Waals surface area (Å²) >= 11 is 0. The van der Waals surface area contributed by atoms with E-state index in [1.165, 1.54) is 0 Å². The van der Waals surface area contributed by atoms with Crippen LogP contribution in [0, 0.1) is 11.3 Å². The molecular weight excluding hydrogens is 134 g/mol. The van der Waals surface area contributed by atoms with Crippen molar-refractivity contribution >= 4 is 5.57 Å². The van der Waals surface area contributed by atoms with Gasteiger partial charge < -0.3 is 0 Å². The predicted molar refractivity (Wildman–Crippen MR) is 45.7 cm³/mol. The topological polar surface area (TPSA) is 23.8 Å². The Morgan fingerprint density at radius 1 is 1.36 bits per heavy atom. The Morgan fingerprint density at radius 2 is 2.00 bits per heavy atom. The summed E-state index contributed by atoms with van der Waals surface area (Å²) in [6.45, 7) is 1.87. The van der Waals surface area contributed by atoms with Crippen molar-refractivity contribution in [1.82, 2.24) is 0 Å². The molecular formula is C10H9N. The van der Waals surface area contributed by atoms with Crippen molar-refractivity contribution in [2.75, 3.05) is 0 Å². The highest BCUT2D eigenvalue weighted by Crippen LogP contribution is 2.11. The third-order valence-electron chi connectivity index (χ3n) is 1.49. The molecule has 0 fully saturated rings. The number of rotatable bonds is 1. The summed E-state index contributed by atoms with van der Waals surface area (Å²) in [7, 11) is 0. The van der Waals surface area contributed by atoms with Gasteiger partial charge in [0.1, 0.15) is 0 Å². The van der Waals surface area contributed by atoms with Crippen LogP contribution in [0.15, 0.2) is 36.4 Å². The molecule has 0 bridgehead atoms. The van der Waals surface area contributed by atoms with E-state index in [0.717, 1.165) is 11.1 Å². The number of nitriles is 1. The minimum Gasteiger partial charge on any atom is -0.192 e. The van der Waals surface area contributed by atoms with Gasteiger partial charge in [0.05, 0.1) is 11.6 Å². The lowest BCUT2D eigenvalue weighted by Gasteiger charge is -1.94. The summed E-state index contributed by atoms with van der Waals surface area (Å²) in [6.07, 6.45) is 1.81. The Hall–Kier alpha value is -1.55. The molecule has 0 unspecified atom stereocenters. The van der Waals surface area contributed by atoms with Crippen LogP contribution in [0.25, 0.3) is 5.57 Å². The third kappa shape index (κ3) is 1.68. The highest BCUT2D eigenvalue weighted by molar-refractivity contribution is 5.76. The lowest BCUT2D eigenvalue weighted by Crippen LogP contribution is -1.77. The lowest BCUT2D eigenvalue weighted by atomic mass is 10.1. The zero-order chi connectivity index (χ0) is 8.10. The molecule has 54 valence electrons. The fraction of sp³-hybridized carbons (Fsp3) is 0.100. The van der Waals surface area contributed by atoms with Gasteiger partial charge in [-0.1, -0.05) is 36.4 Å². The zero-order valence-electron chi connectivity index (χ0n) is 6.41. The van der Waals surface area contributed by atoms with Crippen LogP contribution in [0.2, 0.25) is 0 Å². The van der Waals surface area contributed by atoms with Gasteiger partial charge in [-0.05, 0) is 12.5 Å². The van der Waals surface area contributed by atoms with Crippen molar-refractivity contribution < 1.29 is 0 Å². The molecule has 0 aliphatic heterocycles. The highest BCUT2D eigenvalue weighted by Gasteiger charge is 1.94. The number of hydrogen-bond donors (Lipinski definition) is 0. The van der Waals surface area contributed by atoms with Gasteiger partial charge in [0.2, 0.25) is 0 Å². The average molecular weight is 143 g/mol. The molecule has 0 atom stereocenters. The maximum Gasteiger partial charge on any atom is 0.0994 e. The molecule has 1 heteroatoms. The van der Waals surface area contributed by atoms with Gasteiger partial charge in [0.15, 0.2) is 0 Å². The van der Waals surface area contributed by atoms with Crippen molar-refractivity contribution in [1.29, 1.82) is 5.26 Å². The summed E-state index contributed by atoms with van der Waals surface area (Å²) in [6, 6.07) is 11.8. The van der Waals surface area contributed by atoms with E-state index in [0.29, 0.717) is 0 Å². The molecule has 0 aliphatic rings. The Labute approximate surface area is 66.6 Å². The van der Waals surface area contributed by atoms with Gasteiger partial charge in [-0.25, -0.2) is 0 Å². The van der Waals surface area contributed by atoms with Gasteiger partial charge in [-0.2, -0.15) is 5.26 Å². The molecule has 11 heavy (non-hydrogen) atoms. The molecule has 0 heterocycles. The van der Waals surface area contributed by atoms with Crippen LogP contribution in [0.5, 0.6) is 0 Å². The molecule has 1 rings (SSSR count). The second-order valence-corrected chi connectivity index (χ2v) is 2.18. The van der Waals surface area contributed by atoms with Crippen LogP contribution >= 0.6 is 0 Å². The zero-order valence-corrected chi connectivity index (χ0v) is 6.41. The Morgan fingerprint density at radius 3 is 2.45 bits per heavy atom. The number of allylic oxidation sites excluding steroid dienone is 2. The quantitative estimate of drug-likeness (QED) is 0.554. The number of nitrogens with zero attached hydrogens (tertiary/aromatic N) is 1. The minimum absolute atomic E-state index is 0.727. The molecule has 0 radical (unpaired) electrons. The van der Waals surface area contributed by atoms with Crippen LogP contribution in [-0.2, 0) is 0 Å². The number of benzene rings is 1. The van der Waals surface area contributed by atoms with E-state index in [-0.39, 0.29) is 0 Å². The van der Waals surface area contributed by atoms with Gasteiger partial charge in [-0.15, -0.1) is 0 Å². The van der Waals surface area contributed by atoms with Crippen LogP contribution < -0.4 is 0 Å². The first-order valence-corrected chi connectivity index (χ1v) is 3.50. The molecule has 0 aromatic heterocycles. The van der Waals surface area contributed by atoms with Gasteiger partial charge in [0, 0.05) is 0 Å². The SMILES string of the molecule is CC=C(C#N)c1ccccc1. The summed E-state index contributed by atoms with van der Waals surface area (Å²) in [5, 5.41) is 8.66. The summed E-state index contributed by atoms with van der Waals surface area (Å²) in [4.78, 5) is 0. The summed E-state index contributed by atoms with van der Waals surface area (Å²) in [5.41, 5.74) is 1.71. The van der Waals surface area contributed by atoms with Crippen LogP contribution in [0.3, 0.4) is 0 Å². The van der Waals surface area contributed by atoms with Crippen LogP contribution in [-0.4, -0.2) is 0 Å². The minimum atomic E-state index is 0.727. The molecule has 0 aliphatic carbocycles. The van der Waals surface area contributed by atoms with Gasteiger partial charge >= 0.3 is 0 Å². The van der Waals surface area contributed by atoms with E-state index in [4.69, 9.17) is 5.26 Å². The molecule has 1 aromatic carbocycles. The largest absolute Gasteiger partial charge is 0.192 e. The van der Waals surface area contributed by atoms with E-state index in [1.807, 2.05) is 43.3 Å². The van der Waals surface area contributed by atoms with E-state index < -0.39 is 0 Å². The van der Waals surface area contributed by atoms with Crippen molar-refractivity contribution in [2.24, 2.45) is 0 Å². The van der Waals surface area contributed by atoms with Crippen molar-refractivity contribution in [3.8, 4) is 6.07 Å². The monoisotopic (exact) mass is 143 g/mol. The predicted octanol–water partition coefficient (Wildman–Crippen LogP) is 2.61. The smallest absolute Gasteiger partial charge is 0.0994 e. The molecule has 0 saturated heterocycles. The van der Waals surface area contributed by atoms with Crippen LogP contribution in [0.4, 0.5) is 0 Å². The van der Waals surface area contributed by atoms with Crippen molar-refractivity contribution in [2.45, 2.75) is 6.92 Å². The maximum atomic E-state index is 8.66. The van der Waals surface area contributed by atoms with E-state index >= 15 is 0 Å². The Kier molecular flexibility index (Phi) is 2.46. The van der Waals surface area contributed by atoms with Crippen LogP contribution in [0.1, 0.15) is 12.5 Å². The third-order valence-corrected chi connectivity index (χ3v) is 1.49. The normalized spacial score (nSPS) is 10.7. The summed E-state index contributed by atoms with van der Waals surface area (Å²) < 4.78 is 0. The second-order valence-electron chi connectivity index (χ2n) is 2.18. The van der Waals surface area contributed by atoms with E-state index in [1.54, 1.807) is 0 Å². The molecule has 0 spiro atoms. The van der Waals surface area contributed by atoms with Crippen molar-refractivity contribution in [3.63, 3.8) is 0 Å². The maximum absolute atomic E-state index is 8.66. The fourth-order valence-electron chi connectivity index (χ4n) is 0.913. The molecule has 1 nitrogen and oxygen atoms in total. The van der Waals surface area contributed by atoms with Gasteiger partial charge in [0.25, 0.3) is 0 Å². The molecule has 1 aromatic rings. The second kappa shape index (κ2) is 3.58. The average Bonchev–Trinajstić information content (AvgIpc) is 2.09. The van der Waals surface area contributed by atoms with E-state index in [9.17, 15) is 0 Å². The summed E-state index contributed by atoms with van der Waals surface area (Å²) in [5.74, 6) is 0. The Balaban J connectivity index is 3.05. The van der Waals surface area contributed by atoms with E-state index in [2.05, 4.69) is 6.07 Å². The highest BCUT2D eigenvalue weighted by atomic mass is 14.2. The fourth-order valence-corrected chi connectivity index (χ4v) is 0.913. The number of hydrogen-bond acceptors (Lipinski definition) is 1. The lowest BCUT2D eigenvalue weighted by molar-refractivity contribution is 1.51. The molecule has 0 N–H and O–H groups in total. The Bertz CT molecular complexity index is 290.